The number of rotatable bonds is 3. The summed E-state index contributed by atoms with van der Waals surface area (Å²) in [4.78, 5) is 34.8. The summed E-state index contributed by atoms with van der Waals surface area (Å²) in [6.07, 6.45) is 6.37. The van der Waals surface area contributed by atoms with Crippen LogP contribution in [0.5, 0.6) is 0 Å². The van der Waals surface area contributed by atoms with Crippen molar-refractivity contribution in [3.8, 4) is 22.5 Å². The van der Waals surface area contributed by atoms with E-state index in [0.717, 1.165) is 28.2 Å². The Labute approximate surface area is 184 Å². The van der Waals surface area contributed by atoms with Crippen molar-refractivity contribution in [2.24, 2.45) is 0 Å². The van der Waals surface area contributed by atoms with E-state index in [0.29, 0.717) is 36.5 Å². The molecule has 0 aliphatic carbocycles. The lowest BCUT2D eigenvalue weighted by molar-refractivity contribution is -0.120. The number of hydrogen-bond donors (Lipinski definition) is 0. The lowest BCUT2D eigenvalue weighted by Gasteiger charge is -2.26. The van der Waals surface area contributed by atoms with Crippen molar-refractivity contribution >= 4 is 28.9 Å². The minimum atomic E-state index is -0.0397. The van der Waals surface area contributed by atoms with E-state index in [4.69, 9.17) is 11.6 Å². The zero-order valence-electron chi connectivity index (χ0n) is 16.7. The van der Waals surface area contributed by atoms with E-state index in [1.54, 1.807) is 11.1 Å². The van der Waals surface area contributed by atoms with E-state index in [-0.39, 0.29) is 11.7 Å². The number of hydrogen-bond acceptors (Lipinski definition) is 4. The second kappa shape index (κ2) is 7.96. The van der Waals surface area contributed by atoms with Crippen molar-refractivity contribution in [2.75, 3.05) is 13.1 Å². The van der Waals surface area contributed by atoms with Crippen LogP contribution < -0.4 is 0 Å². The van der Waals surface area contributed by atoms with Gasteiger partial charge in [-0.2, -0.15) is 0 Å². The van der Waals surface area contributed by atoms with Crippen LogP contribution in [0, 0.1) is 0 Å². The molecule has 2 aromatic carbocycles. The summed E-state index contributed by atoms with van der Waals surface area (Å²) in [5.41, 5.74) is 5.01. The maximum absolute atomic E-state index is 12.7. The highest BCUT2D eigenvalue weighted by molar-refractivity contribution is 6.30. The van der Waals surface area contributed by atoms with Crippen molar-refractivity contribution in [3.05, 3.63) is 77.7 Å². The average molecular weight is 431 g/mol. The molecule has 0 unspecified atom stereocenters. The van der Waals surface area contributed by atoms with Crippen molar-refractivity contribution in [1.29, 1.82) is 0 Å². The first kappa shape index (κ1) is 19.5. The Kier molecular flexibility index (Phi) is 5.00. The van der Waals surface area contributed by atoms with Crippen molar-refractivity contribution in [2.45, 2.75) is 12.8 Å². The topological polar surface area (TPSA) is 67.6 Å². The number of nitrogens with zero attached hydrogens (tertiary/aromatic N) is 4. The summed E-state index contributed by atoms with van der Waals surface area (Å²) in [7, 11) is 0. The van der Waals surface area contributed by atoms with Crippen LogP contribution in [0.1, 0.15) is 23.2 Å². The van der Waals surface area contributed by atoms with Crippen LogP contribution in [0.4, 0.5) is 0 Å². The molecule has 1 aliphatic heterocycles. The van der Waals surface area contributed by atoms with Crippen LogP contribution in [-0.2, 0) is 4.79 Å². The van der Waals surface area contributed by atoms with Crippen LogP contribution in [0.15, 0.2) is 67.1 Å². The molecule has 1 saturated heterocycles. The van der Waals surface area contributed by atoms with Crippen molar-refractivity contribution in [1.82, 2.24) is 19.3 Å². The van der Waals surface area contributed by atoms with Gasteiger partial charge in [0.25, 0.3) is 5.91 Å². The van der Waals surface area contributed by atoms with Gasteiger partial charge < -0.3 is 4.90 Å². The molecule has 1 fully saturated rings. The first-order chi connectivity index (χ1) is 15.1. The zero-order valence-corrected chi connectivity index (χ0v) is 17.4. The number of halogens is 1. The van der Waals surface area contributed by atoms with Crippen LogP contribution in [0.3, 0.4) is 0 Å². The molecule has 5 rings (SSSR count). The maximum atomic E-state index is 12.7. The number of carbonyl (C=O) groups excluding carboxylic acids is 2. The molecule has 1 aliphatic rings. The monoisotopic (exact) mass is 430 g/mol. The third-order valence-corrected chi connectivity index (χ3v) is 5.82. The molecule has 3 heterocycles. The molecule has 154 valence electrons. The normalized spacial score (nSPS) is 14.2. The molecule has 4 aromatic rings. The average Bonchev–Trinajstić information content (AvgIpc) is 3.23. The molecular formula is C24H19ClN4O2. The van der Waals surface area contributed by atoms with Gasteiger partial charge >= 0.3 is 0 Å². The van der Waals surface area contributed by atoms with Crippen LogP contribution in [-0.4, -0.2) is 44.0 Å². The number of Topliss-reactive ketones (excluding diaryl/α,β-unsaturated/α-hetero) is 1. The third kappa shape index (κ3) is 3.82. The number of fused-ring (bicyclic) bond motifs is 1. The molecule has 6 nitrogen and oxygen atoms in total. The molecule has 0 spiro atoms. The first-order valence-electron chi connectivity index (χ1n) is 10.1. The Balaban J connectivity index is 1.43. The summed E-state index contributed by atoms with van der Waals surface area (Å²) in [5.74, 6) is 0.181. The van der Waals surface area contributed by atoms with E-state index in [2.05, 4.69) is 9.97 Å². The molecule has 0 bridgehead atoms. The van der Waals surface area contributed by atoms with Gasteiger partial charge in [-0.15, -0.1) is 0 Å². The minimum absolute atomic E-state index is 0.0397. The lowest BCUT2D eigenvalue weighted by Crippen LogP contribution is -2.38. The standard InChI is InChI=1S/C24H19ClN4O2/c25-19-7-5-17(6-8-19)22-13-27-23-14-26-21(15-29(22)23)16-1-3-18(4-2-16)24(31)28-11-9-20(30)10-12-28/h1-8,13-15H,9-12H2. The molecular weight excluding hydrogens is 412 g/mol. The minimum Gasteiger partial charge on any atom is -0.338 e. The Morgan fingerprint density at radius 1 is 0.871 bits per heavy atom. The predicted molar refractivity (Wildman–Crippen MR) is 119 cm³/mol. The highest BCUT2D eigenvalue weighted by Crippen LogP contribution is 2.25. The predicted octanol–water partition coefficient (Wildman–Crippen LogP) is 4.52. The summed E-state index contributed by atoms with van der Waals surface area (Å²) in [6, 6.07) is 15.0. The molecule has 0 atom stereocenters. The summed E-state index contributed by atoms with van der Waals surface area (Å²) in [6.45, 7) is 0.984. The number of imidazole rings is 1. The first-order valence-corrected chi connectivity index (χ1v) is 10.5. The maximum Gasteiger partial charge on any atom is 0.253 e. The van der Waals surface area contributed by atoms with Gasteiger partial charge in [-0.25, -0.2) is 4.98 Å². The van der Waals surface area contributed by atoms with Gasteiger partial charge in [-0.1, -0.05) is 35.9 Å². The molecule has 0 radical (unpaired) electrons. The second-order valence-corrected chi connectivity index (χ2v) is 8.00. The molecule has 1 amide bonds. The fraction of sp³-hybridized carbons (Fsp3) is 0.167. The second-order valence-electron chi connectivity index (χ2n) is 7.56. The SMILES string of the molecule is O=C1CCN(C(=O)c2ccc(-c3cn4c(-c5ccc(Cl)cc5)cnc4cn3)cc2)CC1. The molecule has 0 saturated carbocycles. The number of amides is 1. The molecule has 0 N–H and O–H groups in total. The Morgan fingerprint density at radius 3 is 2.26 bits per heavy atom. The third-order valence-electron chi connectivity index (χ3n) is 5.57. The quantitative estimate of drug-likeness (QED) is 0.479. The smallest absolute Gasteiger partial charge is 0.253 e. The van der Waals surface area contributed by atoms with E-state index in [1.165, 1.54) is 0 Å². The number of piperidine rings is 1. The van der Waals surface area contributed by atoms with Crippen LogP contribution in [0.25, 0.3) is 28.2 Å². The molecule has 2 aromatic heterocycles. The Hall–Kier alpha value is -3.51. The number of carbonyl (C=O) groups is 2. The number of aromatic nitrogens is 3. The van der Waals surface area contributed by atoms with E-state index in [9.17, 15) is 9.59 Å². The highest BCUT2D eigenvalue weighted by Gasteiger charge is 2.21. The number of benzene rings is 2. The van der Waals surface area contributed by atoms with Crippen molar-refractivity contribution in [3.63, 3.8) is 0 Å². The largest absolute Gasteiger partial charge is 0.338 e. The van der Waals surface area contributed by atoms with Gasteiger partial charge in [0.2, 0.25) is 0 Å². The summed E-state index contributed by atoms with van der Waals surface area (Å²) in [5, 5.41) is 0.686. The van der Waals surface area contributed by atoms with Gasteiger partial charge in [-0.05, 0) is 24.3 Å². The molecule has 31 heavy (non-hydrogen) atoms. The van der Waals surface area contributed by atoms with Gasteiger partial charge in [0, 0.05) is 53.8 Å². The number of likely N-dealkylation sites (tertiary alicyclic amines) is 1. The van der Waals surface area contributed by atoms with Gasteiger partial charge in [-0.3, -0.25) is 19.0 Å². The Morgan fingerprint density at radius 2 is 1.55 bits per heavy atom. The van der Waals surface area contributed by atoms with Crippen molar-refractivity contribution < 1.29 is 9.59 Å². The van der Waals surface area contributed by atoms with E-state index >= 15 is 0 Å². The van der Waals surface area contributed by atoms with Gasteiger partial charge in [0.15, 0.2) is 5.65 Å². The summed E-state index contributed by atoms with van der Waals surface area (Å²) >= 11 is 6.01. The van der Waals surface area contributed by atoms with E-state index < -0.39 is 0 Å². The summed E-state index contributed by atoms with van der Waals surface area (Å²) < 4.78 is 2.00. The zero-order chi connectivity index (χ0) is 21.4. The van der Waals surface area contributed by atoms with Gasteiger partial charge in [0.05, 0.1) is 23.8 Å². The lowest BCUT2D eigenvalue weighted by atomic mass is 10.1. The van der Waals surface area contributed by atoms with E-state index in [1.807, 2.05) is 65.3 Å². The number of ketones is 1. The highest BCUT2D eigenvalue weighted by atomic mass is 35.5. The van der Waals surface area contributed by atoms with Crippen LogP contribution >= 0.6 is 11.6 Å². The fourth-order valence-electron chi connectivity index (χ4n) is 3.80. The van der Waals surface area contributed by atoms with Gasteiger partial charge in [0.1, 0.15) is 5.78 Å². The van der Waals surface area contributed by atoms with Crippen LogP contribution in [0.2, 0.25) is 5.02 Å². The molecule has 7 heteroatoms. The fourth-order valence-corrected chi connectivity index (χ4v) is 3.92. The Bertz CT molecular complexity index is 1270.